The molecule has 7 nitrogen and oxygen atoms in total. The van der Waals surface area contributed by atoms with E-state index in [1.807, 2.05) is 4.68 Å². The first-order valence-corrected chi connectivity index (χ1v) is 11.3. The van der Waals surface area contributed by atoms with Crippen LogP contribution >= 0.6 is 11.6 Å². The molecule has 0 spiro atoms. The van der Waals surface area contributed by atoms with Gasteiger partial charge in [-0.25, -0.2) is 13.1 Å². The van der Waals surface area contributed by atoms with Gasteiger partial charge in [-0.1, -0.05) is 38.3 Å². The zero-order valence-corrected chi connectivity index (χ0v) is 17.6. The maximum Gasteiger partial charge on any atom is 0.258 e. The van der Waals surface area contributed by atoms with Crippen molar-refractivity contribution < 1.29 is 13.2 Å². The number of sulfonamides is 1. The van der Waals surface area contributed by atoms with Crippen LogP contribution in [-0.4, -0.2) is 41.5 Å². The summed E-state index contributed by atoms with van der Waals surface area (Å²) in [5.41, 5.74) is 0.120. The highest BCUT2D eigenvalue weighted by Gasteiger charge is 2.25. The first-order valence-electron chi connectivity index (χ1n) is 9.53. The molecule has 1 aliphatic rings. The van der Waals surface area contributed by atoms with Crippen LogP contribution in [0.3, 0.4) is 0 Å². The van der Waals surface area contributed by atoms with E-state index in [2.05, 4.69) is 10.4 Å². The number of carbonyl (C=O) groups excluding carboxylic acids is 1. The van der Waals surface area contributed by atoms with Crippen molar-refractivity contribution in [3.63, 3.8) is 0 Å². The van der Waals surface area contributed by atoms with E-state index in [4.69, 9.17) is 11.6 Å². The number of hydrogen-bond donors (Lipinski definition) is 1. The molecule has 0 aliphatic heterocycles. The van der Waals surface area contributed by atoms with Gasteiger partial charge < -0.3 is 5.32 Å². The summed E-state index contributed by atoms with van der Waals surface area (Å²) >= 11 is 6.20. The van der Waals surface area contributed by atoms with Crippen LogP contribution in [-0.2, 0) is 10.0 Å². The van der Waals surface area contributed by atoms with Crippen LogP contribution in [0.25, 0.3) is 0 Å². The molecule has 1 N–H and O–H groups in total. The van der Waals surface area contributed by atoms with Gasteiger partial charge in [-0.05, 0) is 31.0 Å². The van der Waals surface area contributed by atoms with Gasteiger partial charge in [-0.2, -0.15) is 9.40 Å². The van der Waals surface area contributed by atoms with Crippen molar-refractivity contribution in [1.82, 2.24) is 14.1 Å². The zero-order chi connectivity index (χ0) is 20.3. The Kier molecular flexibility index (Phi) is 6.42. The minimum absolute atomic E-state index is 0.0510. The predicted molar refractivity (Wildman–Crippen MR) is 109 cm³/mol. The molecule has 1 heterocycles. The largest absolute Gasteiger partial charge is 0.307 e. The van der Waals surface area contributed by atoms with Crippen molar-refractivity contribution in [1.29, 1.82) is 0 Å². The van der Waals surface area contributed by atoms with E-state index in [0.29, 0.717) is 18.9 Å². The molecule has 0 saturated heterocycles. The molecule has 0 radical (unpaired) electrons. The second-order valence-electron chi connectivity index (χ2n) is 6.78. The molecule has 152 valence electrons. The van der Waals surface area contributed by atoms with Gasteiger partial charge in [-0.3, -0.25) is 4.79 Å². The molecule has 3 rings (SSSR count). The van der Waals surface area contributed by atoms with Crippen molar-refractivity contribution in [3.05, 3.63) is 41.0 Å². The summed E-state index contributed by atoms with van der Waals surface area (Å²) in [6.07, 6.45) is 6.01. The minimum atomic E-state index is -3.68. The summed E-state index contributed by atoms with van der Waals surface area (Å²) in [7, 11) is -3.68. The lowest BCUT2D eigenvalue weighted by Gasteiger charge is -2.19. The molecule has 0 atom stereocenters. The molecule has 28 heavy (non-hydrogen) atoms. The third-order valence-electron chi connectivity index (χ3n) is 5.11. The third kappa shape index (κ3) is 4.09. The van der Waals surface area contributed by atoms with Crippen LogP contribution in [0, 0.1) is 0 Å². The molecule has 1 aromatic carbocycles. The van der Waals surface area contributed by atoms with E-state index < -0.39 is 15.9 Å². The SMILES string of the molecule is CCN(CC)S(=O)(=O)c1ccc(Cl)c(C(=O)Nc2ccnn2C2CCCC2)c1. The molecule has 0 bridgehead atoms. The van der Waals surface area contributed by atoms with Crippen molar-refractivity contribution in [2.45, 2.75) is 50.5 Å². The van der Waals surface area contributed by atoms with E-state index in [-0.39, 0.29) is 21.5 Å². The fraction of sp³-hybridized carbons (Fsp3) is 0.474. The van der Waals surface area contributed by atoms with Gasteiger partial charge in [0.2, 0.25) is 10.0 Å². The number of nitrogens with one attached hydrogen (secondary N) is 1. The highest BCUT2D eigenvalue weighted by molar-refractivity contribution is 7.89. The van der Waals surface area contributed by atoms with Crippen molar-refractivity contribution in [2.24, 2.45) is 0 Å². The Labute approximate surface area is 170 Å². The maximum absolute atomic E-state index is 12.8. The summed E-state index contributed by atoms with van der Waals surface area (Å²) in [5.74, 6) is 0.131. The lowest BCUT2D eigenvalue weighted by molar-refractivity contribution is 0.102. The second-order valence-corrected chi connectivity index (χ2v) is 9.13. The van der Waals surface area contributed by atoms with E-state index in [1.54, 1.807) is 26.1 Å². The fourth-order valence-electron chi connectivity index (χ4n) is 3.59. The van der Waals surface area contributed by atoms with Crippen LogP contribution in [0.1, 0.15) is 55.9 Å². The number of rotatable bonds is 7. The van der Waals surface area contributed by atoms with Crippen LogP contribution in [0.15, 0.2) is 35.4 Å². The van der Waals surface area contributed by atoms with Crippen LogP contribution in [0.2, 0.25) is 5.02 Å². The lowest BCUT2D eigenvalue weighted by Crippen LogP contribution is -2.30. The Hall–Kier alpha value is -1.90. The molecule has 1 saturated carbocycles. The molecule has 1 amide bonds. The zero-order valence-electron chi connectivity index (χ0n) is 16.1. The summed E-state index contributed by atoms with van der Waals surface area (Å²) < 4.78 is 28.7. The summed E-state index contributed by atoms with van der Waals surface area (Å²) in [4.78, 5) is 12.9. The molecule has 0 unspecified atom stereocenters. The Bertz CT molecular complexity index is 948. The quantitative estimate of drug-likeness (QED) is 0.729. The minimum Gasteiger partial charge on any atom is -0.307 e. The van der Waals surface area contributed by atoms with Crippen molar-refractivity contribution >= 4 is 33.3 Å². The summed E-state index contributed by atoms with van der Waals surface area (Å²) in [5, 5.41) is 7.36. The van der Waals surface area contributed by atoms with Gasteiger partial charge in [0.05, 0.1) is 27.7 Å². The number of aromatic nitrogens is 2. The first kappa shape index (κ1) is 20.8. The van der Waals surface area contributed by atoms with E-state index >= 15 is 0 Å². The van der Waals surface area contributed by atoms with E-state index in [9.17, 15) is 13.2 Å². The predicted octanol–water partition coefficient (Wildman–Crippen LogP) is 3.93. The third-order valence-corrected chi connectivity index (χ3v) is 7.48. The second kappa shape index (κ2) is 8.63. The highest BCUT2D eigenvalue weighted by Crippen LogP contribution is 2.31. The molecule has 1 aromatic heterocycles. The van der Waals surface area contributed by atoms with Gasteiger partial charge in [0.15, 0.2) is 0 Å². The molecule has 9 heteroatoms. The molecule has 1 aliphatic carbocycles. The average Bonchev–Trinajstić information content (AvgIpc) is 3.34. The van der Waals surface area contributed by atoms with Crippen LogP contribution in [0.5, 0.6) is 0 Å². The average molecular weight is 425 g/mol. The van der Waals surface area contributed by atoms with Gasteiger partial charge in [0.25, 0.3) is 5.91 Å². The summed E-state index contributed by atoms with van der Waals surface area (Å²) in [6.45, 7) is 4.25. The van der Waals surface area contributed by atoms with E-state index in [1.165, 1.54) is 22.5 Å². The van der Waals surface area contributed by atoms with E-state index in [0.717, 1.165) is 25.7 Å². The first-order chi connectivity index (χ1) is 13.4. The summed E-state index contributed by atoms with van der Waals surface area (Å²) in [6, 6.07) is 6.22. The Morgan fingerprint density at radius 3 is 2.57 bits per heavy atom. The Morgan fingerprint density at radius 1 is 1.25 bits per heavy atom. The van der Waals surface area contributed by atoms with Crippen LogP contribution < -0.4 is 5.32 Å². The number of nitrogens with zero attached hydrogens (tertiary/aromatic N) is 3. The molecule has 1 fully saturated rings. The van der Waals surface area contributed by atoms with Gasteiger partial charge >= 0.3 is 0 Å². The Morgan fingerprint density at radius 2 is 1.93 bits per heavy atom. The fourth-order valence-corrected chi connectivity index (χ4v) is 5.28. The monoisotopic (exact) mass is 424 g/mol. The number of halogens is 1. The molecular formula is C19H25ClN4O3S. The van der Waals surface area contributed by atoms with Crippen molar-refractivity contribution in [2.75, 3.05) is 18.4 Å². The molecule has 2 aromatic rings. The van der Waals surface area contributed by atoms with Crippen LogP contribution in [0.4, 0.5) is 5.82 Å². The lowest BCUT2D eigenvalue weighted by atomic mass is 10.2. The number of benzene rings is 1. The van der Waals surface area contributed by atoms with Gasteiger partial charge in [0.1, 0.15) is 5.82 Å². The standard InChI is InChI=1S/C19H25ClN4O3S/c1-3-23(4-2)28(26,27)15-9-10-17(20)16(13-15)19(25)22-18-11-12-21-24(18)14-7-5-6-8-14/h9-14H,3-8H2,1-2H3,(H,22,25). The number of amides is 1. The Balaban J connectivity index is 1.88. The molecular weight excluding hydrogens is 400 g/mol. The number of carbonyl (C=O) groups is 1. The maximum atomic E-state index is 12.8. The topological polar surface area (TPSA) is 84.3 Å². The van der Waals surface area contributed by atoms with Gasteiger partial charge in [0, 0.05) is 19.2 Å². The number of hydrogen-bond acceptors (Lipinski definition) is 4. The normalized spacial score (nSPS) is 15.3. The highest BCUT2D eigenvalue weighted by atomic mass is 35.5. The van der Waals surface area contributed by atoms with Crippen molar-refractivity contribution in [3.8, 4) is 0 Å². The van der Waals surface area contributed by atoms with Gasteiger partial charge in [-0.15, -0.1) is 0 Å². The smallest absolute Gasteiger partial charge is 0.258 e. The number of anilines is 1.